The Hall–Kier alpha value is -1.35. The highest BCUT2D eigenvalue weighted by atomic mass is 79.9. The highest BCUT2D eigenvalue weighted by Gasteiger charge is 2.11. The number of aromatic nitrogens is 2. The second kappa shape index (κ2) is 5.66. The quantitative estimate of drug-likeness (QED) is 0.847. The van der Waals surface area contributed by atoms with Crippen LogP contribution in [0.2, 0.25) is 0 Å². The maximum absolute atomic E-state index is 11.5. The van der Waals surface area contributed by atoms with Gasteiger partial charge in [-0.05, 0) is 29.8 Å². The molecule has 0 aliphatic heterocycles. The molecule has 0 saturated heterocycles. The summed E-state index contributed by atoms with van der Waals surface area (Å²) in [6.07, 6.45) is 0.326. The highest BCUT2D eigenvalue weighted by molar-refractivity contribution is 9.10. The molecular weight excluding hydrogens is 272 g/mol. The number of hydrogen-bond acceptors (Lipinski definition) is 3. The molecule has 0 aliphatic rings. The van der Waals surface area contributed by atoms with E-state index >= 15 is 0 Å². The van der Waals surface area contributed by atoms with Gasteiger partial charge in [0.15, 0.2) is 0 Å². The first kappa shape index (κ1) is 12.7. The zero-order valence-electron chi connectivity index (χ0n) is 9.25. The lowest BCUT2D eigenvalue weighted by Gasteiger charge is -2.04. The summed E-state index contributed by atoms with van der Waals surface area (Å²) in [5, 5.41) is 15.2. The van der Waals surface area contributed by atoms with Crippen LogP contribution < -0.4 is 5.32 Å². The molecule has 0 radical (unpaired) electrons. The fraction of sp³-hybridized carbons (Fsp3) is 0.500. The minimum Gasteiger partial charge on any atom is -0.353 e. The van der Waals surface area contributed by atoms with Crippen LogP contribution in [0.15, 0.2) is 4.47 Å². The van der Waals surface area contributed by atoms with E-state index in [4.69, 9.17) is 5.26 Å². The fourth-order valence-corrected chi connectivity index (χ4v) is 1.56. The Morgan fingerprint density at radius 1 is 1.62 bits per heavy atom. The number of halogens is 1. The van der Waals surface area contributed by atoms with Crippen molar-refractivity contribution in [3.05, 3.63) is 15.9 Å². The van der Waals surface area contributed by atoms with Crippen molar-refractivity contribution in [2.24, 2.45) is 0 Å². The van der Waals surface area contributed by atoms with Crippen LogP contribution in [-0.4, -0.2) is 22.2 Å². The number of carbonyl (C=O) groups excluding carboxylic acids is 1. The first-order valence-corrected chi connectivity index (χ1v) is 5.68. The minimum atomic E-state index is -0.131. The van der Waals surface area contributed by atoms with E-state index in [1.54, 1.807) is 4.68 Å². The van der Waals surface area contributed by atoms with Gasteiger partial charge in [-0.25, -0.2) is 0 Å². The Morgan fingerprint density at radius 2 is 2.31 bits per heavy atom. The van der Waals surface area contributed by atoms with Crippen LogP contribution in [0.3, 0.4) is 0 Å². The zero-order chi connectivity index (χ0) is 12.1. The molecule has 6 heteroatoms. The number of amides is 1. The van der Waals surface area contributed by atoms with Crippen molar-refractivity contribution < 1.29 is 4.79 Å². The first-order chi connectivity index (χ1) is 7.56. The van der Waals surface area contributed by atoms with E-state index in [9.17, 15) is 4.79 Å². The van der Waals surface area contributed by atoms with E-state index < -0.39 is 0 Å². The molecule has 1 aromatic rings. The SMILES string of the molecule is Cc1nn(CC(=O)NCCC#N)c(C)c1Br. The monoisotopic (exact) mass is 284 g/mol. The van der Waals surface area contributed by atoms with Crippen molar-refractivity contribution in [2.45, 2.75) is 26.8 Å². The Labute approximate surface area is 103 Å². The number of carbonyl (C=O) groups is 1. The van der Waals surface area contributed by atoms with Crippen LogP contribution in [0.1, 0.15) is 17.8 Å². The number of rotatable bonds is 4. The average molecular weight is 285 g/mol. The maximum Gasteiger partial charge on any atom is 0.241 e. The second-order valence-corrected chi connectivity index (χ2v) is 4.19. The van der Waals surface area contributed by atoms with Crippen LogP contribution in [0.4, 0.5) is 0 Å². The van der Waals surface area contributed by atoms with E-state index in [2.05, 4.69) is 26.3 Å². The molecular formula is C10H13BrN4O. The zero-order valence-corrected chi connectivity index (χ0v) is 10.8. The largest absolute Gasteiger partial charge is 0.353 e. The lowest BCUT2D eigenvalue weighted by Crippen LogP contribution is -2.29. The summed E-state index contributed by atoms with van der Waals surface area (Å²) >= 11 is 3.40. The third kappa shape index (κ3) is 3.07. The van der Waals surface area contributed by atoms with Gasteiger partial charge in [-0.15, -0.1) is 0 Å². The van der Waals surface area contributed by atoms with Gasteiger partial charge in [0.1, 0.15) is 6.54 Å². The Bertz CT molecular complexity index is 433. The fourth-order valence-electron chi connectivity index (χ4n) is 1.28. The van der Waals surface area contributed by atoms with E-state index in [0.29, 0.717) is 13.0 Å². The molecule has 1 amide bonds. The molecule has 0 bridgehead atoms. The van der Waals surface area contributed by atoms with Crippen molar-refractivity contribution in [1.82, 2.24) is 15.1 Å². The van der Waals surface area contributed by atoms with Gasteiger partial charge in [0.05, 0.1) is 28.4 Å². The summed E-state index contributed by atoms with van der Waals surface area (Å²) in [5.74, 6) is -0.131. The summed E-state index contributed by atoms with van der Waals surface area (Å²) < 4.78 is 2.57. The molecule has 1 heterocycles. The molecule has 0 aromatic carbocycles. The van der Waals surface area contributed by atoms with Crippen LogP contribution >= 0.6 is 15.9 Å². The molecule has 1 rings (SSSR count). The smallest absolute Gasteiger partial charge is 0.241 e. The highest BCUT2D eigenvalue weighted by Crippen LogP contribution is 2.19. The molecule has 0 atom stereocenters. The van der Waals surface area contributed by atoms with Crippen molar-refractivity contribution in [2.75, 3.05) is 6.54 Å². The van der Waals surface area contributed by atoms with Crippen molar-refractivity contribution in [3.63, 3.8) is 0 Å². The minimum absolute atomic E-state index is 0.131. The first-order valence-electron chi connectivity index (χ1n) is 4.89. The van der Waals surface area contributed by atoms with Crippen LogP contribution in [0.5, 0.6) is 0 Å². The summed E-state index contributed by atoms with van der Waals surface area (Å²) in [6.45, 7) is 4.34. The Kier molecular flexibility index (Phi) is 4.50. The molecule has 0 saturated carbocycles. The Morgan fingerprint density at radius 3 is 2.81 bits per heavy atom. The third-order valence-corrected chi connectivity index (χ3v) is 3.29. The van der Waals surface area contributed by atoms with Gasteiger partial charge in [-0.2, -0.15) is 10.4 Å². The van der Waals surface area contributed by atoms with Crippen molar-refractivity contribution in [1.29, 1.82) is 5.26 Å². The molecule has 86 valence electrons. The number of nitrogens with zero attached hydrogens (tertiary/aromatic N) is 3. The summed E-state index contributed by atoms with van der Waals surface area (Å²) in [7, 11) is 0. The van der Waals surface area contributed by atoms with Gasteiger partial charge in [0, 0.05) is 6.54 Å². The standard InChI is InChI=1S/C10H13BrN4O/c1-7-10(11)8(2)15(14-7)6-9(16)13-5-3-4-12/h3,5-6H2,1-2H3,(H,13,16). The van der Waals surface area contributed by atoms with E-state index in [0.717, 1.165) is 15.9 Å². The van der Waals surface area contributed by atoms with Crippen LogP contribution in [0, 0.1) is 25.2 Å². The van der Waals surface area contributed by atoms with E-state index in [1.807, 2.05) is 19.9 Å². The van der Waals surface area contributed by atoms with Crippen molar-refractivity contribution in [3.8, 4) is 6.07 Å². The summed E-state index contributed by atoms with van der Waals surface area (Å²) in [5.41, 5.74) is 1.79. The number of aryl methyl sites for hydroxylation is 1. The Balaban J connectivity index is 2.57. The molecule has 0 unspecified atom stereocenters. The van der Waals surface area contributed by atoms with E-state index in [1.165, 1.54) is 0 Å². The predicted octanol–water partition coefficient (Wildman–Crippen LogP) is 1.29. The summed E-state index contributed by atoms with van der Waals surface area (Å²) in [6, 6.07) is 1.97. The normalized spacial score (nSPS) is 9.88. The number of nitriles is 1. The van der Waals surface area contributed by atoms with Gasteiger partial charge >= 0.3 is 0 Å². The lowest BCUT2D eigenvalue weighted by molar-refractivity contribution is -0.121. The molecule has 1 N–H and O–H groups in total. The van der Waals surface area contributed by atoms with Crippen LogP contribution in [-0.2, 0) is 11.3 Å². The molecule has 0 spiro atoms. The lowest BCUT2D eigenvalue weighted by atomic mass is 10.4. The number of nitrogens with one attached hydrogen (secondary N) is 1. The molecule has 0 aliphatic carbocycles. The maximum atomic E-state index is 11.5. The predicted molar refractivity (Wildman–Crippen MR) is 62.6 cm³/mol. The number of hydrogen-bond donors (Lipinski definition) is 1. The molecule has 0 fully saturated rings. The molecule has 16 heavy (non-hydrogen) atoms. The summed E-state index contributed by atoms with van der Waals surface area (Å²) in [4.78, 5) is 11.5. The molecule has 5 nitrogen and oxygen atoms in total. The third-order valence-electron chi connectivity index (χ3n) is 2.15. The van der Waals surface area contributed by atoms with Gasteiger partial charge in [0.25, 0.3) is 0 Å². The second-order valence-electron chi connectivity index (χ2n) is 3.40. The van der Waals surface area contributed by atoms with Crippen LogP contribution in [0.25, 0.3) is 0 Å². The van der Waals surface area contributed by atoms with Gasteiger partial charge in [-0.1, -0.05) is 0 Å². The van der Waals surface area contributed by atoms with Crippen molar-refractivity contribution >= 4 is 21.8 Å². The van der Waals surface area contributed by atoms with E-state index in [-0.39, 0.29) is 12.5 Å². The molecule has 1 aromatic heterocycles. The topological polar surface area (TPSA) is 70.7 Å². The van der Waals surface area contributed by atoms with Gasteiger partial charge < -0.3 is 5.32 Å². The average Bonchev–Trinajstić information content (AvgIpc) is 2.47. The van der Waals surface area contributed by atoms with Gasteiger partial charge in [-0.3, -0.25) is 9.48 Å². The van der Waals surface area contributed by atoms with Gasteiger partial charge in [0.2, 0.25) is 5.91 Å².